The standard InChI is InChI=1S/C48H38Cl2FN3O7/c1-60-34-18-22-41(61-2)27(23-34)6-3-26-4-16-33(17-5-26)53-44(56)36-20-19-35-37(42(36)46(53)58)25-39-45(57)54(52-32-14-12-31(51)13-15-32)47(59)48(39,28-7-9-29(49)10-8-28)43(35)38-24-30(50)11-21-40(38)55/h3-19,21-24,36-37,39,42-43,52,55H,20,25H2,1-2H3. The highest BCUT2D eigenvalue weighted by atomic mass is 35.5. The van der Waals surface area contributed by atoms with Crippen molar-refractivity contribution < 1.29 is 38.1 Å². The molecule has 3 fully saturated rings. The number of ether oxygens (including phenoxy) is 2. The predicted octanol–water partition coefficient (Wildman–Crippen LogP) is 9.22. The third-order valence-electron chi connectivity index (χ3n) is 12.6. The fourth-order valence-corrected chi connectivity index (χ4v) is 10.2. The normalized spacial score (nSPS) is 24.4. The number of imide groups is 2. The van der Waals surface area contributed by atoms with Crippen LogP contribution in [0.25, 0.3) is 12.2 Å². The Morgan fingerprint density at radius 2 is 1.51 bits per heavy atom. The van der Waals surface area contributed by atoms with Gasteiger partial charge < -0.3 is 14.6 Å². The smallest absolute Gasteiger partial charge is 0.260 e. The molecule has 0 radical (unpaired) electrons. The van der Waals surface area contributed by atoms with Gasteiger partial charge in [0, 0.05) is 27.1 Å². The molecule has 61 heavy (non-hydrogen) atoms. The highest BCUT2D eigenvalue weighted by Gasteiger charge is 2.70. The van der Waals surface area contributed by atoms with E-state index in [0.717, 1.165) is 16.1 Å². The minimum atomic E-state index is -1.67. The van der Waals surface area contributed by atoms with Gasteiger partial charge in [0.25, 0.3) is 11.8 Å². The first-order chi connectivity index (χ1) is 29.4. The fraction of sp³-hybridized carbons (Fsp3) is 0.208. The van der Waals surface area contributed by atoms with Crippen molar-refractivity contribution in [3.05, 3.63) is 159 Å². The number of anilines is 2. The second-order valence-corrected chi connectivity index (χ2v) is 16.5. The number of hydrazine groups is 1. The summed E-state index contributed by atoms with van der Waals surface area (Å²) in [6.07, 6.45) is 5.88. The van der Waals surface area contributed by atoms with Crippen LogP contribution >= 0.6 is 23.2 Å². The van der Waals surface area contributed by atoms with Gasteiger partial charge in [-0.05, 0) is 115 Å². The molecule has 6 atom stereocenters. The zero-order chi connectivity index (χ0) is 42.7. The van der Waals surface area contributed by atoms with E-state index in [4.69, 9.17) is 32.7 Å². The van der Waals surface area contributed by atoms with Crippen LogP contribution in [-0.2, 0) is 24.6 Å². The SMILES string of the molecule is COc1ccc(OC)c(C=Cc2ccc(N3C(=O)C4CC=C5C(CC6C(=O)N(Nc7ccc(F)cc7)C(=O)C6(c6ccc(Cl)cc6)C5c5cc(Cl)ccc5O)C4C3=O)cc2)c1. The van der Waals surface area contributed by atoms with E-state index in [2.05, 4.69) is 5.43 Å². The molecule has 2 aliphatic heterocycles. The zero-order valence-electron chi connectivity index (χ0n) is 32.9. The molecule has 0 aromatic heterocycles. The number of allylic oxidation sites excluding steroid dienone is 2. The third kappa shape index (κ3) is 6.54. The average molecular weight is 859 g/mol. The molecule has 1 saturated carbocycles. The Labute approximate surface area is 360 Å². The molecule has 5 aromatic rings. The summed E-state index contributed by atoms with van der Waals surface area (Å²) in [7, 11) is 3.18. The maximum atomic E-state index is 15.3. The predicted molar refractivity (Wildman–Crippen MR) is 230 cm³/mol. The molecule has 0 bridgehead atoms. The molecule has 0 spiro atoms. The summed E-state index contributed by atoms with van der Waals surface area (Å²) in [5.41, 5.74) is 4.95. The van der Waals surface area contributed by atoms with Crippen LogP contribution in [0.2, 0.25) is 10.0 Å². The number of benzene rings is 5. The Kier molecular flexibility index (Phi) is 10.2. The number of fused-ring (bicyclic) bond motifs is 4. The van der Waals surface area contributed by atoms with Gasteiger partial charge in [-0.2, -0.15) is 5.01 Å². The Balaban J connectivity index is 1.12. The first kappa shape index (κ1) is 40.0. The monoisotopic (exact) mass is 857 g/mol. The first-order valence-electron chi connectivity index (χ1n) is 19.7. The van der Waals surface area contributed by atoms with Gasteiger partial charge in [0.15, 0.2) is 0 Å². The molecule has 13 heteroatoms. The van der Waals surface area contributed by atoms with Crippen LogP contribution in [0.1, 0.15) is 41.0 Å². The van der Waals surface area contributed by atoms with E-state index >= 15 is 4.79 Å². The Morgan fingerprint density at radius 1 is 0.787 bits per heavy atom. The molecule has 2 saturated heterocycles. The van der Waals surface area contributed by atoms with Crippen LogP contribution in [-0.4, -0.2) is 48.0 Å². The molecule has 10 nitrogen and oxygen atoms in total. The highest BCUT2D eigenvalue weighted by molar-refractivity contribution is 6.31. The largest absolute Gasteiger partial charge is 0.508 e. The van der Waals surface area contributed by atoms with E-state index in [1.165, 1.54) is 41.3 Å². The average Bonchev–Trinajstić information content (AvgIpc) is 3.65. The second-order valence-electron chi connectivity index (χ2n) is 15.6. The van der Waals surface area contributed by atoms with Crippen molar-refractivity contribution in [3.63, 3.8) is 0 Å². The van der Waals surface area contributed by atoms with E-state index in [1.54, 1.807) is 56.7 Å². The number of carbonyl (C=O) groups excluding carboxylic acids is 4. The van der Waals surface area contributed by atoms with Crippen LogP contribution in [0.3, 0.4) is 0 Å². The van der Waals surface area contributed by atoms with Gasteiger partial charge in [-0.3, -0.25) is 29.5 Å². The lowest BCUT2D eigenvalue weighted by molar-refractivity contribution is -0.138. The van der Waals surface area contributed by atoms with E-state index in [0.29, 0.717) is 39.0 Å². The number of halogens is 3. The molecular weight excluding hydrogens is 820 g/mol. The van der Waals surface area contributed by atoms with Gasteiger partial charge in [0.2, 0.25) is 11.8 Å². The van der Waals surface area contributed by atoms with Gasteiger partial charge in [-0.15, -0.1) is 0 Å². The molecule has 9 rings (SSSR count). The molecule has 308 valence electrons. The van der Waals surface area contributed by atoms with Crippen LogP contribution in [0.4, 0.5) is 15.8 Å². The summed E-state index contributed by atoms with van der Waals surface area (Å²) in [5, 5.41) is 13.3. The molecule has 2 aliphatic carbocycles. The summed E-state index contributed by atoms with van der Waals surface area (Å²) >= 11 is 13.0. The van der Waals surface area contributed by atoms with Gasteiger partial charge in [0.05, 0.1) is 48.8 Å². The van der Waals surface area contributed by atoms with Gasteiger partial charge >= 0.3 is 0 Å². The van der Waals surface area contributed by atoms with Crippen LogP contribution < -0.4 is 19.8 Å². The maximum Gasteiger partial charge on any atom is 0.260 e. The van der Waals surface area contributed by atoms with Crippen molar-refractivity contribution in [2.75, 3.05) is 24.5 Å². The summed E-state index contributed by atoms with van der Waals surface area (Å²) in [4.78, 5) is 60.6. The number of aromatic hydroxyl groups is 1. The summed E-state index contributed by atoms with van der Waals surface area (Å²) in [5.74, 6) is -5.70. The Bertz CT molecular complexity index is 2670. The minimum Gasteiger partial charge on any atom is -0.508 e. The first-order valence-corrected chi connectivity index (χ1v) is 20.4. The lowest BCUT2D eigenvalue weighted by Crippen LogP contribution is -2.53. The number of hydrogen-bond acceptors (Lipinski definition) is 8. The summed E-state index contributed by atoms with van der Waals surface area (Å²) in [6.45, 7) is 0. The van der Waals surface area contributed by atoms with Crippen molar-refractivity contribution in [1.82, 2.24) is 5.01 Å². The number of rotatable bonds is 9. The van der Waals surface area contributed by atoms with Gasteiger partial charge in [0.1, 0.15) is 23.1 Å². The summed E-state index contributed by atoms with van der Waals surface area (Å²) < 4.78 is 24.8. The highest BCUT2D eigenvalue weighted by Crippen LogP contribution is 2.65. The number of hydrogen-bond donors (Lipinski definition) is 2. The number of phenolic OH excluding ortho intramolecular Hbond substituents is 1. The van der Waals surface area contributed by atoms with Crippen molar-refractivity contribution >= 4 is 70.4 Å². The molecule has 2 N–H and O–H groups in total. The van der Waals surface area contributed by atoms with Crippen LogP contribution in [0, 0.1) is 29.5 Å². The second kappa shape index (κ2) is 15.6. The maximum absolute atomic E-state index is 15.3. The quantitative estimate of drug-likeness (QED) is 0.0855. The van der Waals surface area contributed by atoms with Crippen molar-refractivity contribution in [2.45, 2.75) is 24.2 Å². The number of nitrogens with one attached hydrogen (secondary N) is 1. The van der Waals surface area contributed by atoms with Crippen LogP contribution in [0.15, 0.2) is 121 Å². The molecule has 4 aliphatic rings. The number of phenols is 1. The van der Waals surface area contributed by atoms with Crippen molar-refractivity contribution in [3.8, 4) is 17.2 Å². The summed E-state index contributed by atoms with van der Waals surface area (Å²) in [6, 6.07) is 29.0. The molecule has 2 heterocycles. The zero-order valence-corrected chi connectivity index (χ0v) is 34.4. The molecular formula is C48H38Cl2FN3O7. The van der Waals surface area contributed by atoms with E-state index in [-0.39, 0.29) is 35.1 Å². The van der Waals surface area contributed by atoms with Crippen LogP contribution in [0.5, 0.6) is 17.2 Å². The lowest BCUT2D eigenvalue weighted by Gasteiger charge is -2.50. The number of carbonyl (C=O) groups is 4. The Hall–Kier alpha value is -6.43. The fourth-order valence-electron chi connectivity index (χ4n) is 9.90. The lowest BCUT2D eigenvalue weighted by atomic mass is 9.49. The molecule has 5 aromatic carbocycles. The van der Waals surface area contributed by atoms with Crippen molar-refractivity contribution in [2.24, 2.45) is 23.7 Å². The van der Waals surface area contributed by atoms with Gasteiger partial charge in [-0.1, -0.05) is 71.3 Å². The third-order valence-corrected chi connectivity index (χ3v) is 13.1. The number of amides is 4. The molecule has 6 unspecified atom stereocenters. The molecule has 4 amide bonds. The van der Waals surface area contributed by atoms with Crippen molar-refractivity contribution in [1.29, 1.82) is 0 Å². The van der Waals surface area contributed by atoms with E-state index < -0.39 is 58.5 Å². The number of methoxy groups -OCH3 is 2. The topological polar surface area (TPSA) is 125 Å². The minimum absolute atomic E-state index is 0.0317. The number of nitrogens with zero attached hydrogens (tertiary/aromatic N) is 2. The van der Waals surface area contributed by atoms with E-state index in [9.17, 15) is 23.9 Å². The Morgan fingerprint density at radius 3 is 2.21 bits per heavy atom. The van der Waals surface area contributed by atoms with E-state index in [1.807, 2.05) is 48.6 Å². The van der Waals surface area contributed by atoms with Gasteiger partial charge in [-0.25, -0.2) is 4.39 Å².